The Balaban J connectivity index is 3.15. The summed E-state index contributed by atoms with van der Waals surface area (Å²) in [6.45, 7) is 0. The summed E-state index contributed by atoms with van der Waals surface area (Å²) in [6.07, 6.45) is 2.18. The molecule has 1 amide bonds. The van der Waals surface area contributed by atoms with Crippen LogP contribution in [0.5, 0.6) is 0 Å². The normalized spacial score (nSPS) is 10.5. The van der Waals surface area contributed by atoms with Crippen molar-refractivity contribution >= 4 is 12.0 Å². The Morgan fingerprint density at radius 3 is 2.69 bits per heavy atom. The van der Waals surface area contributed by atoms with Gasteiger partial charge in [0.2, 0.25) is 5.91 Å². The van der Waals surface area contributed by atoms with Gasteiger partial charge in [-0.1, -0.05) is 0 Å². The van der Waals surface area contributed by atoms with Crippen LogP contribution in [-0.4, -0.2) is 16.1 Å². The Morgan fingerprint density at radius 2 is 2.08 bits per heavy atom. The molecule has 0 saturated heterocycles. The van der Waals surface area contributed by atoms with E-state index in [0.717, 1.165) is 12.1 Å². The zero-order valence-electron chi connectivity index (χ0n) is 6.53. The third-order valence-electron chi connectivity index (χ3n) is 1.28. The SMILES string of the molecule is NC(=O)C=Cc1cc(=O)[nH][nH]c1=O. The van der Waals surface area contributed by atoms with Crippen LogP contribution in [0.4, 0.5) is 0 Å². The van der Waals surface area contributed by atoms with Gasteiger partial charge in [-0.15, -0.1) is 0 Å². The molecule has 0 bridgehead atoms. The molecule has 0 saturated carbocycles. The van der Waals surface area contributed by atoms with Crippen molar-refractivity contribution in [3.8, 4) is 0 Å². The smallest absolute Gasteiger partial charge is 0.269 e. The third kappa shape index (κ3) is 2.44. The fourth-order valence-electron chi connectivity index (χ4n) is 0.729. The molecule has 0 aliphatic rings. The molecular weight excluding hydrogens is 174 g/mol. The van der Waals surface area contributed by atoms with Gasteiger partial charge in [0.1, 0.15) is 0 Å². The molecule has 68 valence electrons. The fourth-order valence-corrected chi connectivity index (χ4v) is 0.729. The molecule has 1 heterocycles. The fraction of sp³-hybridized carbons (Fsp3) is 0. The number of aromatic amines is 2. The van der Waals surface area contributed by atoms with Crippen LogP contribution in [0.1, 0.15) is 5.56 Å². The Bertz CT molecular complexity index is 455. The Hall–Kier alpha value is -2.11. The lowest BCUT2D eigenvalue weighted by Gasteiger charge is -1.88. The van der Waals surface area contributed by atoms with E-state index in [1.807, 2.05) is 0 Å². The maximum Gasteiger partial charge on any atom is 0.269 e. The molecule has 13 heavy (non-hydrogen) atoms. The number of hydrogen-bond acceptors (Lipinski definition) is 3. The second-order valence-electron chi connectivity index (χ2n) is 2.28. The van der Waals surface area contributed by atoms with E-state index in [1.165, 1.54) is 6.08 Å². The van der Waals surface area contributed by atoms with Gasteiger partial charge in [0.15, 0.2) is 0 Å². The molecule has 1 rings (SSSR count). The van der Waals surface area contributed by atoms with Gasteiger partial charge in [-0.2, -0.15) is 0 Å². The molecule has 0 spiro atoms. The lowest BCUT2D eigenvalue weighted by molar-refractivity contribution is -0.113. The lowest BCUT2D eigenvalue weighted by atomic mass is 10.3. The zero-order valence-corrected chi connectivity index (χ0v) is 6.53. The molecule has 0 atom stereocenters. The summed E-state index contributed by atoms with van der Waals surface area (Å²) >= 11 is 0. The minimum atomic E-state index is -0.681. The lowest BCUT2D eigenvalue weighted by Crippen LogP contribution is -2.19. The van der Waals surface area contributed by atoms with E-state index in [9.17, 15) is 14.4 Å². The monoisotopic (exact) mass is 181 g/mol. The average Bonchev–Trinajstić information content (AvgIpc) is 2.06. The standard InChI is InChI=1S/C7H7N3O3/c8-5(11)2-1-4-3-6(12)9-10-7(4)13/h1-3H,(H2,8,11)(H,9,12)(H,10,13). The molecule has 1 aromatic heterocycles. The number of H-pyrrole nitrogens is 2. The molecule has 0 aliphatic carbocycles. The van der Waals surface area contributed by atoms with Crippen LogP contribution >= 0.6 is 0 Å². The molecule has 6 nitrogen and oxygen atoms in total. The molecule has 0 fully saturated rings. The number of aromatic nitrogens is 2. The number of carbonyl (C=O) groups is 1. The second-order valence-corrected chi connectivity index (χ2v) is 2.28. The number of primary amides is 1. The summed E-state index contributed by atoms with van der Waals surface area (Å²) in [5.41, 5.74) is 3.95. The van der Waals surface area contributed by atoms with Gasteiger partial charge in [-0.25, -0.2) is 0 Å². The summed E-state index contributed by atoms with van der Waals surface area (Å²) in [4.78, 5) is 32.0. The van der Waals surface area contributed by atoms with Crippen LogP contribution in [-0.2, 0) is 4.79 Å². The highest BCUT2D eigenvalue weighted by molar-refractivity contribution is 5.90. The van der Waals surface area contributed by atoms with Crippen molar-refractivity contribution in [3.05, 3.63) is 38.4 Å². The first kappa shape index (κ1) is 8.98. The van der Waals surface area contributed by atoms with Gasteiger partial charge in [0, 0.05) is 17.7 Å². The number of hydrogen-bond donors (Lipinski definition) is 3. The van der Waals surface area contributed by atoms with Crippen LogP contribution in [0, 0.1) is 0 Å². The molecule has 1 aromatic rings. The molecule has 0 unspecified atom stereocenters. The average molecular weight is 181 g/mol. The van der Waals surface area contributed by atoms with E-state index in [2.05, 4.69) is 10.2 Å². The van der Waals surface area contributed by atoms with E-state index in [0.29, 0.717) is 0 Å². The maximum absolute atomic E-state index is 11.0. The second kappa shape index (κ2) is 3.53. The van der Waals surface area contributed by atoms with Crippen molar-refractivity contribution in [2.45, 2.75) is 0 Å². The van der Waals surface area contributed by atoms with Crippen molar-refractivity contribution in [2.75, 3.05) is 0 Å². The third-order valence-corrected chi connectivity index (χ3v) is 1.28. The van der Waals surface area contributed by atoms with Gasteiger partial charge in [-0.05, 0) is 6.08 Å². The quantitative estimate of drug-likeness (QED) is 0.486. The maximum atomic E-state index is 11.0. The molecule has 0 radical (unpaired) electrons. The van der Waals surface area contributed by atoms with Crippen molar-refractivity contribution in [1.82, 2.24) is 10.2 Å². The summed E-state index contributed by atoms with van der Waals surface area (Å²) in [5.74, 6) is -0.681. The Morgan fingerprint density at radius 1 is 1.38 bits per heavy atom. The highest BCUT2D eigenvalue weighted by Crippen LogP contribution is 1.87. The molecule has 0 aliphatic heterocycles. The topological polar surface area (TPSA) is 109 Å². The van der Waals surface area contributed by atoms with Crippen LogP contribution in [0.3, 0.4) is 0 Å². The van der Waals surface area contributed by atoms with Gasteiger partial charge < -0.3 is 5.73 Å². The summed E-state index contributed by atoms with van der Waals surface area (Å²) in [7, 11) is 0. The number of nitrogens with two attached hydrogens (primary N) is 1. The minimum absolute atomic E-state index is 0.0857. The molecule has 6 heteroatoms. The van der Waals surface area contributed by atoms with E-state index in [4.69, 9.17) is 5.73 Å². The van der Waals surface area contributed by atoms with Crippen molar-refractivity contribution in [1.29, 1.82) is 0 Å². The number of rotatable bonds is 2. The van der Waals surface area contributed by atoms with Gasteiger partial charge in [-0.3, -0.25) is 24.6 Å². The van der Waals surface area contributed by atoms with Crippen LogP contribution in [0.2, 0.25) is 0 Å². The first-order chi connectivity index (χ1) is 6.09. The van der Waals surface area contributed by atoms with Gasteiger partial charge in [0.05, 0.1) is 0 Å². The summed E-state index contributed by atoms with van der Waals surface area (Å²) < 4.78 is 0. The highest BCUT2D eigenvalue weighted by atomic mass is 16.1. The van der Waals surface area contributed by atoms with Crippen LogP contribution in [0.25, 0.3) is 6.08 Å². The Labute approximate surface area is 72.1 Å². The van der Waals surface area contributed by atoms with Gasteiger partial charge >= 0.3 is 0 Å². The van der Waals surface area contributed by atoms with Crippen molar-refractivity contribution in [2.24, 2.45) is 5.73 Å². The number of nitrogens with one attached hydrogen (secondary N) is 2. The van der Waals surface area contributed by atoms with Gasteiger partial charge in [0.25, 0.3) is 11.1 Å². The van der Waals surface area contributed by atoms with Crippen molar-refractivity contribution in [3.63, 3.8) is 0 Å². The first-order valence-corrected chi connectivity index (χ1v) is 3.39. The first-order valence-electron chi connectivity index (χ1n) is 3.39. The molecule has 4 N–H and O–H groups in total. The van der Waals surface area contributed by atoms with E-state index < -0.39 is 17.0 Å². The van der Waals surface area contributed by atoms with E-state index in [1.54, 1.807) is 0 Å². The Kier molecular flexibility index (Phi) is 2.44. The number of amides is 1. The largest absolute Gasteiger partial charge is 0.366 e. The van der Waals surface area contributed by atoms with E-state index in [-0.39, 0.29) is 5.56 Å². The summed E-state index contributed by atoms with van der Waals surface area (Å²) in [5, 5.41) is 4.18. The predicted molar refractivity (Wildman–Crippen MR) is 45.9 cm³/mol. The molecular formula is C7H7N3O3. The highest BCUT2D eigenvalue weighted by Gasteiger charge is 1.95. The predicted octanol–water partition coefficient (Wildman–Crippen LogP) is -1.44. The van der Waals surface area contributed by atoms with Crippen molar-refractivity contribution < 1.29 is 4.79 Å². The van der Waals surface area contributed by atoms with Crippen LogP contribution < -0.4 is 16.9 Å². The van der Waals surface area contributed by atoms with E-state index >= 15 is 0 Å². The molecule has 0 aromatic carbocycles. The zero-order chi connectivity index (χ0) is 9.84. The van der Waals surface area contributed by atoms with Crippen LogP contribution in [0.15, 0.2) is 21.7 Å². The summed E-state index contributed by atoms with van der Waals surface area (Å²) in [6, 6.07) is 1.07. The minimum Gasteiger partial charge on any atom is -0.366 e. The number of carbonyl (C=O) groups excluding carboxylic acids is 1.